The van der Waals surface area contributed by atoms with Gasteiger partial charge in [0.1, 0.15) is 5.78 Å². The molecule has 0 atom stereocenters. The van der Waals surface area contributed by atoms with Gasteiger partial charge in [0, 0.05) is 12.0 Å². The van der Waals surface area contributed by atoms with Gasteiger partial charge in [-0.3, -0.25) is 9.59 Å². The smallest absolute Gasteiger partial charge is 0.170 e. The minimum atomic E-state index is -0.0481. The van der Waals surface area contributed by atoms with E-state index in [4.69, 9.17) is 0 Å². The van der Waals surface area contributed by atoms with Crippen molar-refractivity contribution in [2.75, 3.05) is 0 Å². The minimum Gasteiger partial charge on any atom is -0.299 e. The number of hydrogen-bond acceptors (Lipinski definition) is 2. The predicted octanol–water partition coefficient (Wildman–Crippen LogP) is 6.09. The summed E-state index contributed by atoms with van der Waals surface area (Å²) in [6.45, 7) is 4.07. The molecule has 2 nitrogen and oxygen atoms in total. The van der Waals surface area contributed by atoms with Crippen LogP contribution < -0.4 is 0 Å². The Kier molecular flexibility index (Phi) is 7.68. The Morgan fingerprint density at radius 3 is 2.21 bits per heavy atom. The number of carbonyl (C=O) groups is 2. The van der Waals surface area contributed by atoms with Gasteiger partial charge < -0.3 is 0 Å². The van der Waals surface area contributed by atoms with Crippen molar-refractivity contribution in [3.05, 3.63) is 35.4 Å². The molecule has 0 radical (unpaired) electrons. The number of carbonyl (C=O) groups excluding carboxylic acids is 2. The molecule has 1 aliphatic carbocycles. The maximum absolute atomic E-state index is 12.0. The van der Waals surface area contributed by atoms with Crippen LogP contribution in [0.25, 0.3) is 0 Å². The molecule has 2 heteroatoms. The fourth-order valence-electron chi connectivity index (χ4n) is 3.81. The van der Waals surface area contributed by atoms with Crippen LogP contribution in [-0.2, 0) is 4.79 Å². The van der Waals surface area contributed by atoms with Crippen molar-refractivity contribution in [3.8, 4) is 0 Å². The van der Waals surface area contributed by atoms with Crippen molar-refractivity contribution >= 4 is 11.6 Å². The van der Waals surface area contributed by atoms with E-state index in [2.05, 4.69) is 19.1 Å². The van der Waals surface area contributed by atoms with E-state index in [1.165, 1.54) is 56.9 Å². The predicted molar refractivity (Wildman–Crippen MR) is 99.5 cm³/mol. The molecule has 0 heterocycles. The van der Waals surface area contributed by atoms with Gasteiger partial charge in [-0.25, -0.2) is 0 Å². The summed E-state index contributed by atoms with van der Waals surface area (Å²) in [6, 6.07) is 8.03. The van der Waals surface area contributed by atoms with Crippen LogP contribution in [0.4, 0.5) is 0 Å². The second-order valence-corrected chi connectivity index (χ2v) is 7.33. The van der Waals surface area contributed by atoms with Crippen LogP contribution in [0.15, 0.2) is 24.3 Å². The van der Waals surface area contributed by atoms with Gasteiger partial charge in [0.15, 0.2) is 5.78 Å². The number of rotatable bonds is 9. The summed E-state index contributed by atoms with van der Waals surface area (Å²) in [5, 5.41) is 0. The summed E-state index contributed by atoms with van der Waals surface area (Å²) in [5.74, 6) is 1.54. The molecule has 0 saturated heterocycles. The first kappa shape index (κ1) is 18.9. The van der Waals surface area contributed by atoms with E-state index in [9.17, 15) is 9.59 Å². The molecule has 0 amide bonds. The lowest BCUT2D eigenvalue weighted by Gasteiger charge is -2.29. The molecule has 1 aromatic carbocycles. The zero-order chi connectivity index (χ0) is 17.4. The molecule has 132 valence electrons. The molecule has 0 unspecified atom stereocenters. The number of ketones is 2. The first-order valence-corrected chi connectivity index (χ1v) is 9.78. The van der Waals surface area contributed by atoms with E-state index in [1.807, 2.05) is 12.1 Å². The van der Waals surface area contributed by atoms with Gasteiger partial charge in [-0.2, -0.15) is 0 Å². The van der Waals surface area contributed by atoms with Crippen LogP contribution in [0.2, 0.25) is 0 Å². The SMILES string of the molecule is CCCCC[C@H]1CC[C@H](c2ccc(C(=O)CC(=O)CC)cc2)CC1. The van der Waals surface area contributed by atoms with Crippen molar-refractivity contribution < 1.29 is 9.59 Å². The molecule has 0 aliphatic heterocycles. The number of unbranched alkanes of at least 4 members (excludes halogenated alkanes) is 2. The highest BCUT2D eigenvalue weighted by Gasteiger charge is 2.22. The molecule has 24 heavy (non-hydrogen) atoms. The van der Waals surface area contributed by atoms with Gasteiger partial charge >= 0.3 is 0 Å². The molecular weight excluding hydrogens is 296 g/mol. The number of Topliss-reactive ketones (excluding diaryl/α,β-unsaturated/α-hetero) is 2. The fraction of sp³-hybridized carbons (Fsp3) is 0.636. The van der Waals surface area contributed by atoms with Crippen LogP contribution in [0.3, 0.4) is 0 Å². The Balaban J connectivity index is 1.84. The van der Waals surface area contributed by atoms with Gasteiger partial charge in [-0.15, -0.1) is 0 Å². The topological polar surface area (TPSA) is 34.1 Å². The molecule has 0 aromatic heterocycles. The third kappa shape index (κ3) is 5.58. The van der Waals surface area contributed by atoms with E-state index in [-0.39, 0.29) is 18.0 Å². The molecule has 1 saturated carbocycles. The standard InChI is InChI=1S/C22H32O2/c1-3-5-6-7-17-8-10-18(11-9-17)19-12-14-20(15-13-19)22(24)16-21(23)4-2/h12-15,17-18H,3-11,16H2,1-2H3/t17-,18-. The summed E-state index contributed by atoms with van der Waals surface area (Å²) in [6.07, 6.45) is 11.2. The lowest BCUT2D eigenvalue weighted by molar-refractivity contribution is -0.117. The van der Waals surface area contributed by atoms with Crippen LogP contribution >= 0.6 is 0 Å². The van der Waals surface area contributed by atoms with Gasteiger partial charge in [0.25, 0.3) is 0 Å². The average Bonchev–Trinajstić information content (AvgIpc) is 2.62. The Labute approximate surface area is 147 Å². The van der Waals surface area contributed by atoms with Crippen molar-refractivity contribution in [1.82, 2.24) is 0 Å². The maximum atomic E-state index is 12.0. The van der Waals surface area contributed by atoms with Crippen molar-refractivity contribution in [2.45, 2.75) is 84.0 Å². The lowest BCUT2D eigenvalue weighted by Crippen LogP contribution is -2.13. The molecule has 0 N–H and O–H groups in total. The molecule has 0 bridgehead atoms. The van der Waals surface area contributed by atoms with Gasteiger partial charge in [0.05, 0.1) is 6.42 Å². The maximum Gasteiger partial charge on any atom is 0.170 e. The zero-order valence-corrected chi connectivity index (χ0v) is 15.4. The van der Waals surface area contributed by atoms with Crippen LogP contribution in [0, 0.1) is 5.92 Å². The Morgan fingerprint density at radius 2 is 1.62 bits per heavy atom. The highest BCUT2D eigenvalue weighted by Crippen LogP contribution is 2.37. The Morgan fingerprint density at radius 1 is 0.958 bits per heavy atom. The largest absolute Gasteiger partial charge is 0.299 e. The van der Waals surface area contributed by atoms with E-state index in [1.54, 1.807) is 6.92 Å². The summed E-state index contributed by atoms with van der Waals surface area (Å²) in [4.78, 5) is 23.5. The average molecular weight is 328 g/mol. The summed E-state index contributed by atoms with van der Waals surface area (Å²) >= 11 is 0. The molecule has 1 fully saturated rings. The fourth-order valence-corrected chi connectivity index (χ4v) is 3.81. The van der Waals surface area contributed by atoms with E-state index in [0.717, 1.165) is 5.92 Å². The quantitative estimate of drug-likeness (QED) is 0.312. The van der Waals surface area contributed by atoms with E-state index in [0.29, 0.717) is 17.9 Å². The third-order valence-corrected chi connectivity index (χ3v) is 5.52. The molecular formula is C22H32O2. The molecule has 0 spiro atoms. The molecule has 1 aliphatic rings. The number of hydrogen-bond donors (Lipinski definition) is 0. The number of benzene rings is 1. The zero-order valence-electron chi connectivity index (χ0n) is 15.4. The highest BCUT2D eigenvalue weighted by molar-refractivity contribution is 6.07. The summed E-state index contributed by atoms with van der Waals surface area (Å²) < 4.78 is 0. The highest BCUT2D eigenvalue weighted by atomic mass is 16.1. The van der Waals surface area contributed by atoms with Gasteiger partial charge in [-0.05, 0) is 43.1 Å². The molecule has 1 aromatic rings. The van der Waals surface area contributed by atoms with Gasteiger partial charge in [-0.1, -0.05) is 63.8 Å². The first-order chi connectivity index (χ1) is 11.6. The third-order valence-electron chi connectivity index (χ3n) is 5.52. The van der Waals surface area contributed by atoms with Crippen LogP contribution in [0.5, 0.6) is 0 Å². The van der Waals surface area contributed by atoms with Crippen molar-refractivity contribution in [1.29, 1.82) is 0 Å². The van der Waals surface area contributed by atoms with E-state index >= 15 is 0 Å². The van der Waals surface area contributed by atoms with Crippen LogP contribution in [-0.4, -0.2) is 11.6 Å². The molecule has 2 rings (SSSR count). The summed E-state index contributed by atoms with van der Waals surface area (Å²) in [7, 11) is 0. The minimum absolute atomic E-state index is 0.0190. The lowest BCUT2D eigenvalue weighted by atomic mass is 9.77. The van der Waals surface area contributed by atoms with E-state index < -0.39 is 0 Å². The normalized spacial score (nSPS) is 20.8. The van der Waals surface area contributed by atoms with Gasteiger partial charge in [0.2, 0.25) is 0 Å². The van der Waals surface area contributed by atoms with Crippen molar-refractivity contribution in [3.63, 3.8) is 0 Å². The van der Waals surface area contributed by atoms with Crippen LogP contribution in [0.1, 0.15) is 99.9 Å². The summed E-state index contributed by atoms with van der Waals surface area (Å²) in [5.41, 5.74) is 2.04. The monoisotopic (exact) mass is 328 g/mol. The first-order valence-electron chi connectivity index (χ1n) is 9.78. The second-order valence-electron chi connectivity index (χ2n) is 7.33. The van der Waals surface area contributed by atoms with Crippen molar-refractivity contribution in [2.24, 2.45) is 5.92 Å². The Bertz CT molecular complexity index is 521. The Hall–Kier alpha value is -1.44. The second kappa shape index (κ2) is 9.76.